The van der Waals surface area contributed by atoms with Crippen LogP contribution in [-0.4, -0.2) is 30.7 Å². The Kier molecular flexibility index (Phi) is 4.47. The van der Waals surface area contributed by atoms with Crippen molar-refractivity contribution in [1.82, 2.24) is 5.32 Å². The number of carbonyl (C=O) groups is 2. The molecule has 1 rings (SSSR count). The fourth-order valence-corrected chi connectivity index (χ4v) is 1.29. The highest BCUT2D eigenvalue weighted by molar-refractivity contribution is 5.91. The van der Waals surface area contributed by atoms with Gasteiger partial charge in [-0.2, -0.15) is 0 Å². The van der Waals surface area contributed by atoms with Crippen LogP contribution in [0.1, 0.15) is 13.8 Å². The summed E-state index contributed by atoms with van der Waals surface area (Å²) >= 11 is 0. The van der Waals surface area contributed by atoms with Crippen LogP contribution in [0.3, 0.4) is 0 Å². The maximum Gasteiger partial charge on any atom is 0.321 e. The Balaban J connectivity index is 2.66. The molecule has 19 heavy (non-hydrogen) atoms. The molecule has 2 N–H and O–H groups in total. The van der Waals surface area contributed by atoms with Gasteiger partial charge in [-0.05, 0) is 32.0 Å². The van der Waals surface area contributed by atoms with Crippen LogP contribution in [0.25, 0.3) is 0 Å². The van der Waals surface area contributed by atoms with Gasteiger partial charge < -0.3 is 10.4 Å². The fourth-order valence-electron chi connectivity index (χ4n) is 1.29. The predicted octanol–water partition coefficient (Wildman–Crippen LogP) is 2.08. The van der Waals surface area contributed by atoms with E-state index in [4.69, 9.17) is 5.11 Å². The molecule has 0 aliphatic carbocycles. The van der Waals surface area contributed by atoms with Crippen molar-refractivity contribution in [2.24, 2.45) is 5.41 Å². The summed E-state index contributed by atoms with van der Waals surface area (Å²) in [6, 6.07) is 5.10. The Morgan fingerprint density at radius 2 is 2.05 bits per heavy atom. The van der Waals surface area contributed by atoms with E-state index in [9.17, 15) is 14.0 Å². The summed E-state index contributed by atoms with van der Waals surface area (Å²) in [6.07, 6.45) is 0. The van der Waals surface area contributed by atoms with Crippen LogP contribution in [0.2, 0.25) is 0 Å². The van der Waals surface area contributed by atoms with E-state index in [0.717, 1.165) is 0 Å². The molecule has 1 aromatic rings. The van der Waals surface area contributed by atoms with E-state index in [1.807, 2.05) is 0 Å². The molecule has 0 saturated carbocycles. The SMILES string of the molecule is CN(C(=O)NCC(C)(C)C(=O)O)c1cccc(F)c1. The number of carboxylic acid groups (broad SMARTS) is 1. The van der Waals surface area contributed by atoms with Gasteiger partial charge in [0.15, 0.2) is 0 Å². The molecule has 6 heteroatoms. The monoisotopic (exact) mass is 268 g/mol. The molecule has 2 amide bonds. The first-order chi connectivity index (χ1) is 8.74. The highest BCUT2D eigenvalue weighted by Crippen LogP contribution is 2.16. The number of amides is 2. The first-order valence-corrected chi connectivity index (χ1v) is 5.74. The molecule has 0 saturated heterocycles. The predicted molar refractivity (Wildman–Crippen MR) is 69.6 cm³/mol. The third-order valence-corrected chi connectivity index (χ3v) is 2.76. The molecule has 0 aromatic heterocycles. The highest BCUT2D eigenvalue weighted by atomic mass is 19.1. The summed E-state index contributed by atoms with van der Waals surface area (Å²) in [5.74, 6) is -1.44. The number of carboxylic acids is 1. The second-order valence-electron chi connectivity index (χ2n) is 4.89. The maximum atomic E-state index is 13.0. The molecule has 0 aliphatic rings. The summed E-state index contributed by atoms with van der Waals surface area (Å²) in [7, 11) is 1.48. The Morgan fingerprint density at radius 3 is 2.58 bits per heavy atom. The minimum atomic E-state index is -1.06. The molecule has 0 unspecified atom stereocenters. The number of hydrogen-bond donors (Lipinski definition) is 2. The Hall–Kier alpha value is -2.11. The highest BCUT2D eigenvalue weighted by Gasteiger charge is 2.28. The van der Waals surface area contributed by atoms with Gasteiger partial charge in [-0.25, -0.2) is 9.18 Å². The summed E-state index contributed by atoms with van der Waals surface area (Å²) in [4.78, 5) is 24.0. The molecule has 0 radical (unpaired) electrons. The smallest absolute Gasteiger partial charge is 0.321 e. The molecular formula is C13H17FN2O3. The molecule has 1 aromatic carbocycles. The molecular weight excluding hydrogens is 251 g/mol. The lowest BCUT2D eigenvalue weighted by molar-refractivity contribution is -0.146. The van der Waals surface area contributed by atoms with Gasteiger partial charge in [0.25, 0.3) is 0 Å². The zero-order valence-electron chi connectivity index (χ0n) is 11.1. The van der Waals surface area contributed by atoms with Crippen molar-refractivity contribution >= 4 is 17.7 Å². The van der Waals surface area contributed by atoms with Gasteiger partial charge in [-0.3, -0.25) is 9.69 Å². The van der Waals surface area contributed by atoms with Gasteiger partial charge >= 0.3 is 12.0 Å². The van der Waals surface area contributed by atoms with Gasteiger partial charge in [0.1, 0.15) is 5.82 Å². The number of aliphatic carboxylic acids is 1. The Morgan fingerprint density at radius 1 is 1.42 bits per heavy atom. The van der Waals surface area contributed by atoms with Crippen LogP contribution in [0.15, 0.2) is 24.3 Å². The Bertz CT molecular complexity index is 489. The van der Waals surface area contributed by atoms with Crippen LogP contribution in [-0.2, 0) is 4.79 Å². The van der Waals surface area contributed by atoms with E-state index in [0.29, 0.717) is 5.69 Å². The minimum absolute atomic E-state index is 0.0131. The molecule has 0 heterocycles. The van der Waals surface area contributed by atoms with Crippen molar-refractivity contribution in [3.63, 3.8) is 0 Å². The Labute approximate surface area is 111 Å². The number of urea groups is 1. The van der Waals surface area contributed by atoms with Gasteiger partial charge in [0.05, 0.1) is 5.41 Å². The van der Waals surface area contributed by atoms with Gasteiger partial charge in [0.2, 0.25) is 0 Å². The third-order valence-electron chi connectivity index (χ3n) is 2.76. The molecule has 5 nitrogen and oxygen atoms in total. The van der Waals surface area contributed by atoms with Crippen LogP contribution in [0.5, 0.6) is 0 Å². The normalized spacial score (nSPS) is 10.9. The van der Waals surface area contributed by atoms with E-state index < -0.39 is 23.2 Å². The average Bonchev–Trinajstić information content (AvgIpc) is 2.35. The van der Waals surface area contributed by atoms with Crippen LogP contribution >= 0.6 is 0 Å². The number of nitrogens with zero attached hydrogens (tertiary/aromatic N) is 1. The fraction of sp³-hybridized carbons (Fsp3) is 0.385. The first kappa shape index (κ1) is 14.9. The van der Waals surface area contributed by atoms with E-state index in [1.165, 1.54) is 44.0 Å². The van der Waals surface area contributed by atoms with Crippen LogP contribution < -0.4 is 10.2 Å². The third kappa shape index (κ3) is 3.94. The molecule has 0 fully saturated rings. The number of nitrogens with one attached hydrogen (secondary N) is 1. The molecule has 0 spiro atoms. The number of anilines is 1. The number of benzene rings is 1. The average molecular weight is 268 g/mol. The van der Waals surface area contributed by atoms with Crippen molar-refractivity contribution in [3.8, 4) is 0 Å². The van der Waals surface area contributed by atoms with Crippen molar-refractivity contribution in [1.29, 1.82) is 0 Å². The summed E-state index contributed by atoms with van der Waals surface area (Å²) < 4.78 is 13.0. The van der Waals surface area contributed by atoms with Gasteiger partial charge in [0, 0.05) is 19.3 Å². The lowest BCUT2D eigenvalue weighted by atomic mass is 9.94. The van der Waals surface area contributed by atoms with Crippen LogP contribution in [0, 0.1) is 11.2 Å². The molecule has 0 atom stereocenters. The lowest BCUT2D eigenvalue weighted by Crippen LogP contribution is -2.44. The molecule has 0 aliphatic heterocycles. The number of halogens is 1. The summed E-state index contributed by atoms with van der Waals surface area (Å²) in [5.41, 5.74) is -0.663. The van der Waals surface area contributed by atoms with E-state index in [1.54, 1.807) is 6.07 Å². The first-order valence-electron chi connectivity index (χ1n) is 5.74. The maximum absolute atomic E-state index is 13.0. The van der Waals surface area contributed by atoms with E-state index >= 15 is 0 Å². The molecule has 0 bridgehead atoms. The van der Waals surface area contributed by atoms with Crippen molar-refractivity contribution < 1.29 is 19.1 Å². The zero-order valence-corrected chi connectivity index (χ0v) is 11.1. The standard InChI is InChI=1S/C13H17FN2O3/c1-13(2,11(17)18)8-15-12(19)16(3)10-6-4-5-9(14)7-10/h4-7H,8H2,1-3H3,(H,15,19)(H,17,18). The van der Waals surface area contributed by atoms with E-state index in [2.05, 4.69) is 5.32 Å². The topological polar surface area (TPSA) is 69.6 Å². The lowest BCUT2D eigenvalue weighted by Gasteiger charge is -2.23. The minimum Gasteiger partial charge on any atom is -0.481 e. The quantitative estimate of drug-likeness (QED) is 0.878. The van der Waals surface area contributed by atoms with Crippen molar-refractivity contribution in [2.75, 3.05) is 18.5 Å². The summed E-state index contributed by atoms with van der Waals surface area (Å²) in [5, 5.41) is 11.4. The van der Waals surface area contributed by atoms with Crippen molar-refractivity contribution in [2.45, 2.75) is 13.8 Å². The number of hydrogen-bond acceptors (Lipinski definition) is 2. The second-order valence-corrected chi connectivity index (χ2v) is 4.89. The summed E-state index contributed by atoms with van der Waals surface area (Å²) in [6.45, 7) is 3.01. The molecule has 104 valence electrons. The van der Waals surface area contributed by atoms with E-state index in [-0.39, 0.29) is 6.54 Å². The van der Waals surface area contributed by atoms with Crippen molar-refractivity contribution in [3.05, 3.63) is 30.1 Å². The number of carbonyl (C=O) groups excluding carboxylic acids is 1. The largest absolute Gasteiger partial charge is 0.481 e. The van der Waals surface area contributed by atoms with Gasteiger partial charge in [-0.15, -0.1) is 0 Å². The second kappa shape index (κ2) is 5.69. The number of rotatable bonds is 4. The zero-order chi connectivity index (χ0) is 14.6. The van der Waals surface area contributed by atoms with Gasteiger partial charge in [-0.1, -0.05) is 6.07 Å². The van der Waals surface area contributed by atoms with Crippen LogP contribution in [0.4, 0.5) is 14.9 Å².